The van der Waals surface area contributed by atoms with E-state index < -0.39 is 23.6 Å². The molecule has 17 heavy (non-hydrogen) atoms. The van der Waals surface area contributed by atoms with E-state index in [0.717, 1.165) is 12.8 Å². The van der Waals surface area contributed by atoms with E-state index in [9.17, 15) is 14.7 Å². The number of carboxylic acids is 1. The van der Waals surface area contributed by atoms with Crippen molar-refractivity contribution in [2.24, 2.45) is 0 Å². The molecule has 0 radical (unpaired) electrons. The molecule has 0 aromatic heterocycles. The Hall–Kier alpha value is -1.30. The lowest BCUT2D eigenvalue weighted by Crippen LogP contribution is -2.56. The fraction of sp³-hybridized carbons (Fsp3) is 0.818. The maximum atomic E-state index is 11.8. The molecule has 0 aliphatic heterocycles. The maximum absolute atomic E-state index is 11.8. The summed E-state index contributed by atoms with van der Waals surface area (Å²) in [6.07, 6.45) is 1.93. The second-order valence-corrected chi connectivity index (χ2v) is 4.75. The number of aliphatic hydroxyl groups is 1. The predicted octanol–water partition coefficient (Wildman–Crippen LogP) is 0.406. The van der Waals surface area contributed by atoms with Crippen LogP contribution in [0.2, 0.25) is 0 Å². The van der Waals surface area contributed by atoms with E-state index in [4.69, 9.17) is 5.11 Å². The number of aliphatic carboxylic acids is 1. The molecule has 1 aliphatic rings. The van der Waals surface area contributed by atoms with Crippen molar-refractivity contribution in [1.29, 1.82) is 0 Å². The van der Waals surface area contributed by atoms with Crippen LogP contribution < -0.4 is 5.32 Å². The fourth-order valence-electron chi connectivity index (χ4n) is 2.15. The van der Waals surface area contributed by atoms with Crippen molar-refractivity contribution < 1.29 is 19.8 Å². The zero-order valence-corrected chi connectivity index (χ0v) is 10.3. The lowest BCUT2D eigenvalue weighted by Gasteiger charge is -2.29. The van der Waals surface area contributed by atoms with Gasteiger partial charge < -0.3 is 20.4 Å². The van der Waals surface area contributed by atoms with Crippen LogP contribution in [0.15, 0.2) is 0 Å². The van der Waals surface area contributed by atoms with Crippen molar-refractivity contribution in [3.05, 3.63) is 0 Å². The molecule has 1 atom stereocenters. The summed E-state index contributed by atoms with van der Waals surface area (Å²) in [6, 6.07) is -0.449. The lowest BCUT2D eigenvalue weighted by atomic mass is 9.98. The number of hydrogen-bond donors (Lipinski definition) is 3. The molecule has 1 unspecified atom stereocenters. The molecule has 2 amide bonds. The van der Waals surface area contributed by atoms with Crippen LogP contribution >= 0.6 is 0 Å². The highest BCUT2D eigenvalue weighted by Gasteiger charge is 2.43. The average molecular weight is 244 g/mol. The smallest absolute Gasteiger partial charge is 0.329 e. The van der Waals surface area contributed by atoms with Crippen LogP contribution in [-0.2, 0) is 4.79 Å². The molecule has 0 heterocycles. The third-order valence-corrected chi connectivity index (χ3v) is 3.10. The van der Waals surface area contributed by atoms with Gasteiger partial charge in [0.25, 0.3) is 0 Å². The zero-order valence-electron chi connectivity index (χ0n) is 10.3. The van der Waals surface area contributed by atoms with Crippen molar-refractivity contribution >= 4 is 12.0 Å². The number of nitrogens with one attached hydrogen (secondary N) is 1. The Morgan fingerprint density at radius 3 is 2.35 bits per heavy atom. The number of urea groups is 1. The molecule has 0 saturated heterocycles. The molecule has 6 nitrogen and oxygen atoms in total. The Morgan fingerprint density at radius 1 is 1.41 bits per heavy atom. The van der Waals surface area contributed by atoms with E-state index in [-0.39, 0.29) is 6.54 Å². The first-order valence-electron chi connectivity index (χ1n) is 5.82. The first kappa shape index (κ1) is 13.8. The normalized spacial score (nSPS) is 19.7. The summed E-state index contributed by atoms with van der Waals surface area (Å²) in [5.41, 5.74) is -1.12. The van der Waals surface area contributed by atoms with Gasteiger partial charge in [0.15, 0.2) is 0 Å². The van der Waals surface area contributed by atoms with Crippen molar-refractivity contribution in [2.75, 3.05) is 13.6 Å². The van der Waals surface area contributed by atoms with Gasteiger partial charge in [0.2, 0.25) is 0 Å². The Morgan fingerprint density at radius 2 is 1.94 bits per heavy atom. The number of amides is 2. The molecule has 1 aliphatic carbocycles. The number of carbonyl (C=O) groups is 2. The summed E-state index contributed by atoms with van der Waals surface area (Å²) >= 11 is 0. The highest BCUT2D eigenvalue weighted by molar-refractivity contribution is 5.86. The second-order valence-electron chi connectivity index (χ2n) is 4.75. The molecule has 6 heteroatoms. The number of likely N-dealkylation sites (N-methyl/N-ethyl adjacent to an activating group) is 1. The summed E-state index contributed by atoms with van der Waals surface area (Å²) in [5.74, 6) is -0.978. The Labute approximate surface area is 101 Å². The Kier molecular flexibility index (Phi) is 4.34. The van der Waals surface area contributed by atoms with Crippen molar-refractivity contribution in [1.82, 2.24) is 10.2 Å². The Bertz CT molecular complexity index is 298. The van der Waals surface area contributed by atoms with Gasteiger partial charge in [-0.3, -0.25) is 0 Å². The molecular formula is C11H20N2O4. The molecule has 0 aromatic carbocycles. The van der Waals surface area contributed by atoms with E-state index in [0.29, 0.717) is 12.8 Å². The van der Waals surface area contributed by atoms with Crippen LogP contribution in [-0.4, -0.2) is 52.3 Å². The number of nitrogens with zero attached hydrogens (tertiary/aromatic N) is 1. The number of hydrogen-bond acceptors (Lipinski definition) is 3. The summed E-state index contributed by atoms with van der Waals surface area (Å²) in [7, 11) is 1.53. The highest BCUT2D eigenvalue weighted by atomic mass is 16.4. The van der Waals surface area contributed by atoms with Gasteiger partial charge in [0, 0.05) is 13.6 Å². The third kappa shape index (κ3) is 3.33. The molecule has 3 N–H and O–H groups in total. The van der Waals surface area contributed by atoms with Gasteiger partial charge in [-0.2, -0.15) is 0 Å². The van der Waals surface area contributed by atoms with E-state index in [2.05, 4.69) is 5.32 Å². The number of carbonyl (C=O) groups excluding carboxylic acids is 1. The summed E-state index contributed by atoms with van der Waals surface area (Å²) < 4.78 is 0. The minimum Gasteiger partial charge on any atom is -0.480 e. The van der Waals surface area contributed by atoms with Gasteiger partial charge in [0.1, 0.15) is 5.54 Å². The van der Waals surface area contributed by atoms with Gasteiger partial charge in [-0.15, -0.1) is 0 Å². The standard InChI is InChI=1S/C11H20N2O4/c1-8(14)7-13(2)10(17)12-11(9(15)16)5-3-4-6-11/h8,14H,3-7H2,1-2H3,(H,12,17)(H,15,16). The van der Waals surface area contributed by atoms with Crippen molar-refractivity contribution in [3.63, 3.8) is 0 Å². The third-order valence-electron chi connectivity index (χ3n) is 3.10. The zero-order chi connectivity index (χ0) is 13.1. The van der Waals surface area contributed by atoms with E-state index in [1.54, 1.807) is 6.92 Å². The first-order valence-corrected chi connectivity index (χ1v) is 5.82. The molecule has 1 rings (SSSR count). The molecule has 1 saturated carbocycles. The topological polar surface area (TPSA) is 89.9 Å². The molecule has 0 spiro atoms. The van der Waals surface area contributed by atoms with Gasteiger partial charge in [-0.05, 0) is 19.8 Å². The van der Waals surface area contributed by atoms with Crippen molar-refractivity contribution in [2.45, 2.75) is 44.2 Å². The van der Waals surface area contributed by atoms with Gasteiger partial charge >= 0.3 is 12.0 Å². The summed E-state index contributed by atoms with van der Waals surface area (Å²) in [5, 5.41) is 20.9. The van der Waals surface area contributed by atoms with Crippen LogP contribution in [0.25, 0.3) is 0 Å². The minimum atomic E-state index is -1.12. The van der Waals surface area contributed by atoms with E-state index >= 15 is 0 Å². The lowest BCUT2D eigenvalue weighted by molar-refractivity contribution is -0.144. The summed E-state index contributed by atoms with van der Waals surface area (Å²) in [4.78, 5) is 24.3. The molecule has 0 aromatic rings. The number of aliphatic hydroxyl groups excluding tert-OH is 1. The fourth-order valence-corrected chi connectivity index (χ4v) is 2.15. The SMILES string of the molecule is CC(O)CN(C)C(=O)NC1(C(=O)O)CCCC1. The Balaban J connectivity index is 2.62. The van der Waals surface area contributed by atoms with Crippen LogP contribution in [0, 0.1) is 0 Å². The second kappa shape index (κ2) is 5.35. The van der Waals surface area contributed by atoms with Crippen LogP contribution in [0.4, 0.5) is 4.79 Å². The summed E-state index contributed by atoms with van der Waals surface area (Å²) in [6.45, 7) is 1.76. The van der Waals surface area contributed by atoms with Crippen LogP contribution in [0.5, 0.6) is 0 Å². The molecule has 98 valence electrons. The number of carboxylic acid groups (broad SMARTS) is 1. The largest absolute Gasteiger partial charge is 0.480 e. The number of rotatable bonds is 4. The van der Waals surface area contributed by atoms with Gasteiger partial charge in [-0.25, -0.2) is 9.59 Å². The maximum Gasteiger partial charge on any atom is 0.329 e. The monoisotopic (exact) mass is 244 g/mol. The van der Waals surface area contributed by atoms with Crippen LogP contribution in [0.3, 0.4) is 0 Å². The first-order chi connectivity index (χ1) is 7.87. The molecule has 0 bridgehead atoms. The van der Waals surface area contributed by atoms with Crippen molar-refractivity contribution in [3.8, 4) is 0 Å². The molecular weight excluding hydrogens is 224 g/mol. The van der Waals surface area contributed by atoms with Gasteiger partial charge in [-0.1, -0.05) is 12.8 Å². The minimum absolute atomic E-state index is 0.182. The average Bonchev–Trinajstić information content (AvgIpc) is 2.66. The molecule has 1 fully saturated rings. The highest BCUT2D eigenvalue weighted by Crippen LogP contribution is 2.30. The van der Waals surface area contributed by atoms with Crippen LogP contribution in [0.1, 0.15) is 32.6 Å². The van der Waals surface area contributed by atoms with E-state index in [1.807, 2.05) is 0 Å². The van der Waals surface area contributed by atoms with E-state index in [1.165, 1.54) is 11.9 Å². The quantitative estimate of drug-likeness (QED) is 0.668. The van der Waals surface area contributed by atoms with Gasteiger partial charge in [0.05, 0.1) is 6.10 Å². The predicted molar refractivity (Wildman–Crippen MR) is 61.7 cm³/mol.